The van der Waals surface area contributed by atoms with Gasteiger partial charge in [-0.3, -0.25) is 14.3 Å². The molecule has 0 radical (unpaired) electrons. The van der Waals surface area contributed by atoms with Crippen molar-refractivity contribution in [2.24, 2.45) is 7.05 Å². The molecule has 5 rings (SSSR count). The maximum atomic E-state index is 13.0. The quantitative estimate of drug-likeness (QED) is 0.332. The number of aryl methyl sites for hydroxylation is 1. The van der Waals surface area contributed by atoms with Gasteiger partial charge in [-0.05, 0) is 42.3 Å². The van der Waals surface area contributed by atoms with Crippen LogP contribution >= 0.6 is 11.6 Å². The van der Waals surface area contributed by atoms with Gasteiger partial charge in [0.1, 0.15) is 23.9 Å². The molecule has 0 unspecified atom stereocenters. The Hall–Kier alpha value is -4.30. The van der Waals surface area contributed by atoms with Crippen LogP contribution in [0.25, 0.3) is 0 Å². The number of carbonyl (C=O) groups is 2. The fourth-order valence-corrected chi connectivity index (χ4v) is 4.02. The Labute approximate surface area is 219 Å². The summed E-state index contributed by atoms with van der Waals surface area (Å²) in [6.07, 6.45) is 2.75. The highest BCUT2D eigenvalue weighted by Gasteiger charge is 2.22. The van der Waals surface area contributed by atoms with Gasteiger partial charge in [-0.2, -0.15) is 5.10 Å². The fraction of sp³-hybridized carbons (Fsp3) is 0.179. The van der Waals surface area contributed by atoms with Gasteiger partial charge in [0.15, 0.2) is 5.82 Å². The van der Waals surface area contributed by atoms with E-state index in [9.17, 15) is 9.59 Å². The Morgan fingerprint density at radius 1 is 0.973 bits per heavy atom. The fourth-order valence-electron chi connectivity index (χ4n) is 3.80. The zero-order valence-corrected chi connectivity index (χ0v) is 20.9. The molecule has 8 nitrogen and oxygen atoms in total. The van der Waals surface area contributed by atoms with E-state index in [-0.39, 0.29) is 11.8 Å². The number of likely N-dealkylation sites (tertiary alicyclic amines) is 1. The number of carbonyl (C=O) groups excluding carboxylic acids is 2. The average molecular weight is 517 g/mol. The number of nitrogens with one attached hydrogen (secondary N) is 1. The Balaban J connectivity index is 1.39. The number of hydrogen-bond donors (Lipinski definition) is 1. The molecular formula is C28H25ClN4O4. The maximum absolute atomic E-state index is 13.0. The Morgan fingerprint density at radius 3 is 2.43 bits per heavy atom. The largest absolute Gasteiger partial charge is 0.489 e. The number of anilines is 1. The SMILES string of the molecule is Cn1ccc(NC(=O)c2cc(OCc3ccccc3)cc(Oc3ccc(C(=O)N4CCC4)cc3Cl)c2)n1. The summed E-state index contributed by atoms with van der Waals surface area (Å²) < 4.78 is 13.6. The molecule has 4 aromatic rings. The van der Waals surface area contributed by atoms with Gasteiger partial charge in [0.05, 0.1) is 5.02 Å². The minimum atomic E-state index is -0.365. The molecule has 2 heterocycles. The number of ether oxygens (including phenoxy) is 2. The Kier molecular flexibility index (Phi) is 7.09. The van der Waals surface area contributed by atoms with Crippen LogP contribution in [0.3, 0.4) is 0 Å². The summed E-state index contributed by atoms with van der Waals surface area (Å²) in [6, 6.07) is 21.3. The van der Waals surface area contributed by atoms with E-state index in [2.05, 4.69) is 10.4 Å². The monoisotopic (exact) mass is 516 g/mol. The van der Waals surface area contributed by atoms with E-state index in [0.29, 0.717) is 45.8 Å². The average Bonchev–Trinajstić information content (AvgIpc) is 3.27. The van der Waals surface area contributed by atoms with Crippen LogP contribution in [-0.2, 0) is 13.7 Å². The van der Waals surface area contributed by atoms with Crippen molar-refractivity contribution in [1.82, 2.24) is 14.7 Å². The molecule has 37 heavy (non-hydrogen) atoms. The minimum Gasteiger partial charge on any atom is -0.489 e. The predicted molar refractivity (Wildman–Crippen MR) is 140 cm³/mol. The van der Waals surface area contributed by atoms with Crippen molar-refractivity contribution in [3.8, 4) is 17.2 Å². The van der Waals surface area contributed by atoms with Crippen LogP contribution in [0.1, 0.15) is 32.7 Å². The summed E-state index contributed by atoms with van der Waals surface area (Å²) in [7, 11) is 1.77. The van der Waals surface area contributed by atoms with Crippen molar-refractivity contribution in [3.05, 3.63) is 101 Å². The number of nitrogens with zero attached hydrogens (tertiary/aromatic N) is 3. The standard InChI is InChI=1S/C28H25ClN4O4/c1-32-13-10-26(31-32)30-27(34)21-14-22(36-18-19-6-3-2-4-7-19)17-23(15-21)37-25-9-8-20(16-24(25)29)28(35)33-11-5-12-33/h2-4,6-10,13-17H,5,11-12,18H2,1H3,(H,30,31,34). The molecule has 0 saturated carbocycles. The van der Waals surface area contributed by atoms with E-state index in [0.717, 1.165) is 25.1 Å². The van der Waals surface area contributed by atoms with Crippen LogP contribution in [0, 0.1) is 0 Å². The molecule has 1 aromatic heterocycles. The van der Waals surface area contributed by atoms with Crippen molar-refractivity contribution in [2.75, 3.05) is 18.4 Å². The molecular weight excluding hydrogens is 492 g/mol. The van der Waals surface area contributed by atoms with Gasteiger partial charge in [-0.1, -0.05) is 41.9 Å². The van der Waals surface area contributed by atoms with Gasteiger partial charge in [0, 0.05) is 49.6 Å². The number of aromatic nitrogens is 2. The van der Waals surface area contributed by atoms with Crippen LogP contribution in [0.5, 0.6) is 17.2 Å². The number of hydrogen-bond acceptors (Lipinski definition) is 5. The highest BCUT2D eigenvalue weighted by Crippen LogP contribution is 2.33. The van der Waals surface area contributed by atoms with E-state index in [1.54, 1.807) is 65.3 Å². The maximum Gasteiger partial charge on any atom is 0.257 e. The van der Waals surface area contributed by atoms with Crippen LogP contribution in [0.4, 0.5) is 5.82 Å². The minimum absolute atomic E-state index is 0.0514. The van der Waals surface area contributed by atoms with E-state index in [1.807, 2.05) is 30.3 Å². The second-order valence-corrected chi connectivity index (χ2v) is 9.10. The van der Waals surface area contributed by atoms with Gasteiger partial charge < -0.3 is 19.7 Å². The highest BCUT2D eigenvalue weighted by molar-refractivity contribution is 6.32. The summed E-state index contributed by atoms with van der Waals surface area (Å²) in [5.74, 6) is 1.18. The lowest BCUT2D eigenvalue weighted by molar-refractivity contribution is 0.0651. The molecule has 0 aliphatic carbocycles. The number of rotatable bonds is 8. The van der Waals surface area contributed by atoms with Crippen LogP contribution in [-0.4, -0.2) is 39.6 Å². The second-order valence-electron chi connectivity index (χ2n) is 8.69. The zero-order valence-electron chi connectivity index (χ0n) is 20.2. The first-order valence-corrected chi connectivity index (χ1v) is 12.2. The molecule has 2 amide bonds. The highest BCUT2D eigenvalue weighted by atomic mass is 35.5. The lowest BCUT2D eigenvalue weighted by Gasteiger charge is -2.31. The Morgan fingerprint density at radius 2 is 1.76 bits per heavy atom. The normalized spacial score (nSPS) is 12.5. The third-order valence-corrected chi connectivity index (χ3v) is 6.19. The van der Waals surface area contributed by atoms with Crippen molar-refractivity contribution in [3.63, 3.8) is 0 Å². The van der Waals surface area contributed by atoms with Crippen LogP contribution in [0.15, 0.2) is 79.0 Å². The summed E-state index contributed by atoms with van der Waals surface area (Å²) in [5.41, 5.74) is 1.82. The molecule has 1 fully saturated rings. The van der Waals surface area contributed by atoms with E-state index in [1.165, 1.54) is 0 Å². The lowest BCUT2D eigenvalue weighted by atomic mass is 10.1. The van der Waals surface area contributed by atoms with Crippen molar-refractivity contribution in [1.29, 1.82) is 0 Å². The summed E-state index contributed by atoms with van der Waals surface area (Å²) in [5, 5.41) is 7.26. The van der Waals surface area contributed by atoms with Gasteiger partial charge in [-0.15, -0.1) is 0 Å². The molecule has 3 aromatic carbocycles. The summed E-state index contributed by atoms with van der Waals surface area (Å²) in [6.45, 7) is 1.83. The Bertz CT molecular complexity index is 1430. The molecule has 1 saturated heterocycles. The van der Waals surface area contributed by atoms with Crippen molar-refractivity contribution < 1.29 is 19.1 Å². The number of benzene rings is 3. The van der Waals surface area contributed by atoms with E-state index in [4.69, 9.17) is 21.1 Å². The number of halogens is 1. The molecule has 9 heteroatoms. The van der Waals surface area contributed by atoms with E-state index >= 15 is 0 Å². The first kappa shape index (κ1) is 24.4. The van der Waals surface area contributed by atoms with Crippen LogP contribution in [0.2, 0.25) is 5.02 Å². The third-order valence-electron chi connectivity index (χ3n) is 5.90. The first-order valence-electron chi connectivity index (χ1n) is 11.8. The molecule has 0 spiro atoms. The molecule has 1 N–H and O–H groups in total. The predicted octanol–water partition coefficient (Wildman–Crippen LogP) is 5.54. The topological polar surface area (TPSA) is 85.7 Å². The van der Waals surface area contributed by atoms with Crippen molar-refractivity contribution >= 4 is 29.2 Å². The van der Waals surface area contributed by atoms with Gasteiger partial charge in [-0.25, -0.2) is 0 Å². The molecule has 0 bridgehead atoms. The molecule has 1 aliphatic rings. The summed E-state index contributed by atoms with van der Waals surface area (Å²) >= 11 is 6.47. The molecule has 1 aliphatic heterocycles. The first-order chi connectivity index (χ1) is 17.9. The van der Waals surface area contributed by atoms with E-state index < -0.39 is 0 Å². The smallest absolute Gasteiger partial charge is 0.257 e. The third kappa shape index (κ3) is 5.92. The summed E-state index contributed by atoms with van der Waals surface area (Å²) in [4.78, 5) is 27.3. The molecule has 188 valence electrons. The van der Waals surface area contributed by atoms with Crippen LogP contribution < -0.4 is 14.8 Å². The zero-order chi connectivity index (χ0) is 25.8. The van der Waals surface area contributed by atoms with Crippen molar-refractivity contribution in [2.45, 2.75) is 13.0 Å². The molecule has 0 atom stereocenters. The van der Waals surface area contributed by atoms with Gasteiger partial charge >= 0.3 is 0 Å². The van der Waals surface area contributed by atoms with Gasteiger partial charge in [0.2, 0.25) is 0 Å². The second kappa shape index (κ2) is 10.8. The van der Waals surface area contributed by atoms with Gasteiger partial charge in [0.25, 0.3) is 11.8 Å². The lowest BCUT2D eigenvalue weighted by Crippen LogP contribution is -2.41. The number of amides is 2.